The van der Waals surface area contributed by atoms with E-state index in [9.17, 15) is 4.79 Å². The average Bonchev–Trinajstić information content (AvgIpc) is 2.58. The summed E-state index contributed by atoms with van der Waals surface area (Å²) in [5.41, 5.74) is 1.72. The third-order valence-corrected chi connectivity index (χ3v) is 3.70. The highest BCUT2D eigenvalue weighted by molar-refractivity contribution is 6.30. The highest BCUT2D eigenvalue weighted by atomic mass is 35.5. The van der Waals surface area contributed by atoms with Gasteiger partial charge in [0.05, 0.1) is 27.8 Å². The predicted octanol–water partition coefficient (Wildman–Crippen LogP) is 3.22. The van der Waals surface area contributed by atoms with Crippen molar-refractivity contribution >= 4 is 17.5 Å². The first-order valence-corrected chi connectivity index (χ1v) is 7.75. The lowest BCUT2D eigenvalue weighted by Crippen LogP contribution is -2.24. The molecule has 0 aliphatic carbocycles. The average molecular weight is 350 g/mol. The molecule has 0 aliphatic heterocycles. The summed E-state index contributed by atoms with van der Waals surface area (Å²) in [6, 6.07) is 10.9. The lowest BCUT2D eigenvalue weighted by molar-refractivity contribution is -0.120. The standard InChI is InChI=1S/C18H20ClNO4/c1-22-15-8-13(9-16(23-2)18(15)24-3)11-20-17(21)10-12-5-4-6-14(19)7-12/h4-9H,10-11H2,1-3H3,(H,20,21). The molecule has 0 fully saturated rings. The minimum absolute atomic E-state index is 0.0916. The minimum Gasteiger partial charge on any atom is -0.493 e. The zero-order valence-corrected chi connectivity index (χ0v) is 14.6. The summed E-state index contributed by atoms with van der Waals surface area (Å²) < 4.78 is 15.9. The van der Waals surface area contributed by atoms with Crippen molar-refractivity contribution in [3.05, 3.63) is 52.5 Å². The Balaban J connectivity index is 2.04. The van der Waals surface area contributed by atoms with Crippen molar-refractivity contribution in [2.24, 2.45) is 0 Å². The summed E-state index contributed by atoms with van der Waals surface area (Å²) in [5, 5.41) is 3.49. The van der Waals surface area contributed by atoms with Gasteiger partial charge in [-0.15, -0.1) is 0 Å². The predicted molar refractivity (Wildman–Crippen MR) is 93.1 cm³/mol. The number of amides is 1. The number of hydrogen-bond donors (Lipinski definition) is 1. The fraction of sp³-hybridized carbons (Fsp3) is 0.278. The third kappa shape index (κ3) is 4.55. The maximum Gasteiger partial charge on any atom is 0.224 e. The van der Waals surface area contributed by atoms with E-state index >= 15 is 0 Å². The maximum atomic E-state index is 12.1. The van der Waals surface area contributed by atoms with Crippen molar-refractivity contribution in [1.82, 2.24) is 5.32 Å². The van der Waals surface area contributed by atoms with E-state index in [1.807, 2.05) is 12.1 Å². The van der Waals surface area contributed by atoms with E-state index in [4.69, 9.17) is 25.8 Å². The molecule has 0 spiro atoms. The van der Waals surface area contributed by atoms with Gasteiger partial charge in [0.15, 0.2) is 11.5 Å². The molecule has 24 heavy (non-hydrogen) atoms. The van der Waals surface area contributed by atoms with E-state index in [0.29, 0.717) is 28.8 Å². The van der Waals surface area contributed by atoms with E-state index in [2.05, 4.69) is 5.32 Å². The van der Waals surface area contributed by atoms with E-state index in [1.54, 1.807) is 45.6 Å². The van der Waals surface area contributed by atoms with Gasteiger partial charge in [-0.2, -0.15) is 0 Å². The molecule has 0 aromatic heterocycles. The van der Waals surface area contributed by atoms with Crippen molar-refractivity contribution in [2.75, 3.05) is 21.3 Å². The number of hydrogen-bond acceptors (Lipinski definition) is 4. The molecular weight excluding hydrogens is 330 g/mol. The fourth-order valence-electron chi connectivity index (χ4n) is 2.33. The van der Waals surface area contributed by atoms with Crippen molar-refractivity contribution < 1.29 is 19.0 Å². The van der Waals surface area contributed by atoms with E-state index in [0.717, 1.165) is 11.1 Å². The minimum atomic E-state index is -0.0916. The number of rotatable bonds is 7. The second kappa shape index (κ2) is 8.45. The van der Waals surface area contributed by atoms with Gasteiger partial charge in [-0.25, -0.2) is 0 Å². The van der Waals surface area contributed by atoms with Crippen LogP contribution in [0.1, 0.15) is 11.1 Å². The summed E-state index contributed by atoms with van der Waals surface area (Å²) in [6.07, 6.45) is 0.269. The van der Waals surface area contributed by atoms with Gasteiger partial charge in [-0.3, -0.25) is 4.79 Å². The normalized spacial score (nSPS) is 10.2. The summed E-state index contributed by atoms with van der Waals surface area (Å²) >= 11 is 5.93. The van der Waals surface area contributed by atoms with Crippen LogP contribution < -0.4 is 19.5 Å². The summed E-state index contributed by atoms with van der Waals surface area (Å²) in [5.74, 6) is 1.53. The molecule has 0 heterocycles. The Morgan fingerprint density at radius 1 is 1.00 bits per heavy atom. The summed E-state index contributed by atoms with van der Waals surface area (Å²) in [6.45, 7) is 0.357. The van der Waals surface area contributed by atoms with Crippen LogP contribution in [0.25, 0.3) is 0 Å². The molecule has 2 aromatic carbocycles. The molecule has 6 heteroatoms. The van der Waals surface area contributed by atoms with Crippen LogP contribution in [0.2, 0.25) is 5.02 Å². The Hall–Kier alpha value is -2.40. The summed E-state index contributed by atoms with van der Waals surface area (Å²) in [7, 11) is 4.66. The molecule has 1 N–H and O–H groups in total. The second-order valence-corrected chi connectivity index (χ2v) is 5.55. The molecular formula is C18H20ClNO4. The molecule has 2 rings (SSSR count). The number of carbonyl (C=O) groups excluding carboxylic acids is 1. The first-order valence-electron chi connectivity index (χ1n) is 7.37. The van der Waals surface area contributed by atoms with E-state index in [1.165, 1.54) is 0 Å². The Kier molecular flexibility index (Phi) is 6.32. The monoisotopic (exact) mass is 349 g/mol. The Morgan fingerprint density at radius 2 is 1.67 bits per heavy atom. The van der Waals surface area contributed by atoms with Crippen LogP contribution in [-0.4, -0.2) is 27.2 Å². The van der Waals surface area contributed by atoms with Crippen LogP contribution in [0, 0.1) is 0 Å². The molecule has 2 aromatic rings. The van der Waals surface area contributed by atoms with Gasteiger partial charge in [0, 0.05) is 11.6 Å². The molecule has 0 saturated heterocycles. The fourth-order valence-corrected chi connectivity index (χ4v) is 2.55. The number of nitrogens with one attached hydrogen (secondary N) is 1. The number of benzene rings is 2. The van der Waals surface area contributed by atoms with Crippen molar-refractivity contribution in [3.63, 3.8) is 0 Å². The van der Waals surface area contributed by atoms with Crippen LogP contribution in [0.4, 0.5) is 0 Å². The summed E-state index contributed by atoms with van der Waals surface area (Å²) in [4.78, 5) is 12.1. The van der Waals surface area contributed by atoms with Gasteiger partial charge in [0.2, 0.25) is 11.7 Å². The molecule has 0 unspecified atom stereocenters. The lowest BCUT2D eigenvalue weighted by Gasteiger charge is -2.14. The molecule has 1 amide bonds. The van der Waals surface area contributed by atoms with E-state index in [-0.39, 0.29) is 12.3 Å². The van der Waals surface area contributed by atoms with Crippen molar-refractivity contribution in [2.45, 2.75) is 13.0 Å². The highest BCUT2D eigenvalue weighted by Gasteiger charge is 2.13. The molecule has 0 atom stereocenters. The Labute approximate surface area is 146 Å². The molecule has 0 saturated carbocycles. The third-order valence-electron chi connectivity index (χ3n) is 3.47. The van der Waals surface area contributed by atoms with E-state index < -0.39 is 0 Å². The zero-order chi connectivity index (χ0) is 17.5. The first-order chi connectivity index (χ1) is 11.6. The highest BCUT2D eigenvalue weighted by Crippen LogP contribution is 2.38. The van der Waals surface area contributed by atoms with Gasteiger partial charge in [-0.05, 0) is 35.4 Å². The van der Waals surface area contributed by atoms with Crippen LogP contribution in [0.3, 0.4) is 0 Å². The molecule has 128 valence electrons. The van der Waals surface area contributed by atoms with Crippen LogP contribution in [-0.2, 0) is 17.8 Å². The van der Waals surface area contributed by atoms with Gasteiger partial charge in [0.1, 0.15) is 0 Å². The SMILES string of the molecule is COc1cc(CNC(=O)Cc2cccc(Cl)c2)cc(OC)c1OC. The molecule has 5 nitrogen and oxygen atoms in total. The number of methoxy groups -OCH3 is 3. The van der Waals surface area contributed by atoms with Crippen molar-refractivity contribution in [3.8, 4) is 17.2 Å². The van der Waals surface area contributed by atoms with Gasteiger partial charge in [-0.1, -0.05) is 23.7 Å². The first kappa shape index (κ1) is 17.9. The van der Waals surface area contributed by atoms with Crippen LogP contribution in [0.5, 0.6) is 17.2 Å². The Morgan fingerprint density at radius 3 is 2.21 bits per heavy atom. The van der Waals surface area contributed by atoms with Gasteiger partial charge in [0.25, 0.3) is 0 Å². The largest absolute Gasteiger partial charge is 0.493 e. The van der Waals surface area contributed by atoms with Gasteiger partial charge < -0.3 is 19.5 Å². The topological polar surface area (TPSA) is 56.8 Å². The maximum absolute atomic E-state index is 12.1. The zero-order valence-electron chi connectivity index (χ0n) is 13.9. The molecule has 0 aliphatic rings. The Bertz CT molecular complexity index is 693. The van der Waals surface area contributed by atoms with Crippen LogP contribution >= 0.6 is 11.6 Å². The number of carbonyl (C=O) groups is 1. The molecule has 0 bridgehead atoms. The number of halogens is 1. The smallest absolute Gasteiger partial charge is 0.224 e. The second-order valence-electron chi connectivity index (χ2n) is 5.12. The lowest BCUT2D eigenvalue weighted by atomic mass is 10.1. The quantitative estimate of drug-likeness (QED) is 0.833. The van der Waals surface area contributed by atoms with Gasteiger partial charge >= 0.3 is 0 Å². The van der Waals surface area contributed by atoms with Crippen LogP contribution in [0.15, 0.2) is 36.4 Å². The number of ether oxygens (including phenoxy) is 3. The van der Waals surface area contributed by atoms with Crippen molar-refractivity contribution in [1.29, 1.82) is 0 Å². The molecule has 0 radical (unpaired) electrons.